The first-order chi connectivity index (χ1) is 20.2. The van der Waals surface area contributed by atoms with E-state index >= 15 is 0 Å². The van der Waals surface area contributed by atoms with Gasteiger partial charge in [0.1, 0.15) is 0 Å². The predicted molar refractivity (Wildman–Crippen MR) is 159 cm³/mol. The first kappa shape index (κ1) is 27.5. The van der Waals surface area contributed by atoms with E-state index in [9.17, 15) is 5.11 Å². The molecule has 6 rings (SSSR count). The third-order valence-corrected chi connectivity index (χ3v) is 7.94. The molecule has 0 radical (unpaired) electrons. The van der Waals surface area contributed by atoms with Gasteiger partial charge in [0, 0.05) is 63.6 Å². The molecule has 212 valence electrons. The van der Waals surface area contributed by atoms with Crippen LogP contribution in [0, 0.1) is 0 Å². The van der Waals surface area contributed by atoms with Crippen LogP contribution in [0.1, 0.15) is 41.1 Å². The van der Waals surface area contributed by atoms with Gasteiger partial charge >= 0.3 is 0 Å². The molecular formula is C33H37N5O3. The van der Waals surface area contributed by atoms with Gasteiger partial charge < -0.3 is 25.2 Å². The lowest BCUT2D eigenvalue weighted by molar-refractivity contribution is -0.253. The van der Waals surface area contributed by atoms with Gasteiger partial charge in [0.2, 0.25) is 5.95 Å². The first-order valence-corrected chi connectivity index (χ1v) is 14.3. The monoisotopic (exact) mass is 551 g/mol. The van der Waals surface area contributed by atoms with Crippen molar-refractivity contribution in [3.8, 4) is 11.1 Å². The zero-order valence-corrected chi connectivity index (χ0v) is 23.2. The zero-order valence-electron chi connectivity index (χ0n) is 23.2. The second-order valence-electron chi connectivity index (χ2n) is 10.7. The lowest BCUT2D eigenvalue weighted by Gasteiger charge is -2.40. The zero-order chi connectivity index (χ0) is 28.0. The summed E-state index contributed by atoms with van der Waals surface area (Å²) >= 11 is 0. The number of ether oxygens (including phenoxy) is 2. The maximum atomic E-state index is 9.52. The average Bonchev–Trinajstić information content (AvgIpc) is 3.05. The minimum atomic E-state index is -0.493. The third kappa shape index (κ3) is 6.64. The summed E-state index contributed by atoms with van der Waals surface area (Å²) in [4.78, 5) is 13.5. The van der Waals surface area contributed by atoms with Gasteiger partial charge in [-0.15, -0.1) is 0 Å². The molecule has 0 bridgehead atoms. The van der Waals surface area contributed by atoms with Gasteiger partial charge in [-0.3, -0.25) is 4.90 Å². The second-order valence-corrected chi connectivity index (χ2v) is 10.7. The summed E-state index contributed by atoms with van der Waals surface area (Å²) in [5.74, 6) is 0.790. The summed E-state index contributed by atoms with van der Waals surface area (Å²) in [5.41, 5.74) is 12.2. The van der Waals surface area contributed by atoms with Crippen LogP contribution in [0.3, 0.4) is 0 Å². The van der Waals surface area contributed by atoms with E-state index in [4.69, 9.17) is 15.2 Å². The number of aliphatic hydroxyl groups is 1. The number of nitrogens with two attached hydrogens (primary N) is 1. The Morgan fingerprint density at radius 1 is 0.780 bits per heavy atom. The van der Waals surface area contributed by atoms with E-state index < -0.39 is 6.29 Å². The van der Waals surface area contributed by atoms with Crippen LogP contribution >= 0.6 is 0 Å². The van der Waals surface area contributed by atoms with Crippen molar-refractivity contribution >= 4 is 5.95 Å². The Morgan fingerprint density at radius 3 is 2.24 bits per heavy atom. The van der Waals surface area contributed by atoms with Gasteiger partial charge in [0.05, 0.1) is 18.8 Å². The van der Waals surface area contributed by atoms with Gasteiger partial charge in [-0.1, -0.05) is 60.7 Å². The number of benzene rings is 3. The standard InChI is InChI=1S/C33H37N5O3/c34-21-25-4-1-5-27(18-25)28-6-2-7-29(19-28)32-40-30(20-31(41-32)26-10-8-24(23-39)9-11-26)22-37-14-16-38(17-15-37)33-35-12-3-13-36-33/h1-13,18-19,30-32,39H,14-17,20-23,34H2/t30-,31+,32+/m0/s1. The minimum Gasteiger partial charge on any atom is -0.392 e. The normalized spacial score (nSPS) is 21.6. The highest BCUT2D eigenvalue weighted by Gasteiger charge is 2.34. The topological polar surface area (TPSA) is 97.0 Å². The SMILES string of the molecule is NCc1cccc(-c2cccc([C@@H]3O[C@H](CN4CCN(c5ncccn5)CC4)C[C@H](c4ccc(CO)cc4)O3)c2)c1. The minimum absolute atomic E-state index is 0.0000165. The molecule has 0 spiro atoms. The number of rotatable bonds is 8. The van der Waals surface area contributed by atoms with Crippen molar-refractivity contribution in [3.05, 3.63) is 114 Å². The average molecular weight is 552 g/mol. The van der Waals surface area contributed by atoms with Crippen LogP contribution in [0.25, 0.3) is 11.1 Å². The largest absolute Gasteiger partial charge is 0.392 e. The number of anilines is 1. The summed E-state index contributed by atoms with van der Waals surface area (Å²) in [6, 6.07) is 26.6. The Hall–Kier alpha value is -3.66. The number of nitrogens with zero attached hydrogens (tertiary/aromatic N) is 4. The molecule has 0 unspecified atom stereocenters. The van der Waals surface area contributed by atoms with Crippen molar-refractivity contribution in [1.29, 1.82) is 0 Å². The molecule has 0 saturated carbocycles. The van der Waals surface area contributed by atoms with Crippen LogP contribution in [-0.4, -0.2) is 58.8 Å². The van der Waals surface area contributed by atoms with Crippen molar-refractivity contribution in [2.75, 3.05) is 37.6 Å². The third-order valence-electron chi connectivity index (χ3n) is 7.94. The first-order valence-electron chi connectivity index (χ1n) is 14.3. The molecule has 1 aromatic heterocycles. The number of piperazine rings is 1. The Morgan fingerprint density at radius 2 is 1.51 bits per heavy atom. The van der Waals surface area contributed by atoms with E-state index in [-0.39, 0.29) is 18.8 Å². The highest BCUT2D eigenvalue weighted by molar-refractivity contribution is 5.65. The maximum absolute atomic E-state index is 9.52. The van der Waals surface area contributed by atoms with Gasteiger partial charge in [-0.2, -0.15) is 0 Å². The van der Waals surface area contributed by atoms with Crippen molar-refractivity contribution in [2.45, 2.75) is 38.1 Å². The number of hydrogen-bond donors (Lipinski definition) is 2. The van der Waals surface area contributed by atoms with Gasteiger partial charge in [-0.05, 0) is 46.0 Å². The molecule has 3 atom stereocenters. The number of hydrogen-bond acceptors (Lipinski definition) is 8. The van der Waals surface area contributed by atoms with Gasteiger partial charge in [0.25, 0.3) is 0 Å². The number of aliphatic hydroxyl groups excluding tert-OH is 1. The molecule has 8 heteroatoms. The molecule has 2 saturated heterocycles. The van der Waals surface area contributed by atoms with Gasteiger partial charge in [-0.25, -0.2) is 9.97 Å². The van der Waals surface area contributed by atoms with E-state index in [1.165, 1.54) is 0 Å². The summed E-state index contributed by atoms with van der Waals surface area (Å²) in [6.45, 7) is 4.97. The molecular weight excluding hydrogens is 514 g/mol. The molecule has 2 aliphatic rings. The fraction of sp³-hybridized carbons (Fsp3) is 0.333. The molecule has 2 fully saturated rings. The lowest BCUT2D eigenvalue weighted by Crippen LogP contribution is -2.50. The lowest BCUT2D eigenvalue weighted by atomic mass is 9.98. The van der Waals surface area contributed by atoms with E-state index in [2.05, 4.69) is 68.3 Å². The summed E-state index contributed by atoms with van der Waals surface area (Å²) < 4.78 is 13.3. The Labute approximate surface area is 241 Å². The molecule has 41 heavy (non-hydrogen) atoms. The molecule has 3 heterocycles. The fourth-order valence-electron chi connectivity index (χ4n) is 5.65. The summed E-state index contributed by atoms with van der Waals surface area (Å²) in [7, 11) is 0. The molecule has 0 amide bonds. The Balaban J connectivity index is 1.20. The predicted octanol–water partition coefficient (Wildman–Crippen LogP) is 4.46. The van der Waals surface area contributed by atoms with E-state index in [1.807, 2.05) is 30.3 Å². The van der Waals surface area contributed by atoms with Crippen molar-refractivity contribution in [2.24, 2.45) is 5.73 Å². The second kappa shape index (κ2) is 12.9. The van der Waals surface area contributed by atoms with E-state index in [1.54, 1.807) is 12.4 Å². The van der Waals surface area contributed by atoms with Crippen LogP contribution in [0.15, 0.2) is 91.3 Å². The Kier molecular flexibility index (Phi) is 8.65. The number of aromatic nitrogens is 2. The van der Waals surface area contributed by atoms with E-state index in [0.717, 1.165) is 78.5 Å². The van der Waals surface area contributed by atoms with E-state index in [0.29, 0.717) is 6.54 Å². The van der Waals surface area contributed by atoms with Crippen LogP contribution in [0.2, 0.25) is 0 Å². The molecule has 0 aliphatic carbocycles. The highest BCUT2D eigenvalue weighted by Crippen LogP contribution is 2.39. The van der Waals surface area contributed by atoms with Crippen LogP contribution in [0.4, 0.5) is 5.95 Å². The molecule has 3 N–H and O–H groups in total. The smallest absolute Gasteiger partial charge is 0.225 e. The van der Waals surface area contributed by atoms with Crippen LogP contribution in [-0.2, 0) is 22.6 Å². The molecule has 3 aromatic carbocycles. The van der Waals surface area contributed by atoms with Crippen LogP contribution in [0.5, 0.6) is 0 Å². The summed E-state index contributed by atoms with van der Waals surface area (Å²) in [6.07, 6.45) is 3.74. The molecule has 8 nitrogen and oxygen atoms in total. The van der Waals surface area contributed by atoms with Crippen LogP contribution < -0.4 is 10.6 Å². The van der Waals surface area contributed by atoms with Crippen molar-refractivity contribution in [1.82, 2.24) is 14.9 Å². The quantitative estimate of drug-likeness (QED) is 0.331. The summed E-state index contributed by atoms with van der Waals surface area (Å²) in [5, 5.41) is 9.52. The van der Waals surface area contributed by atoms with Crippen molar-refractivity contribution < 1.29 is 14.6 Å². The van der Waals surface area contributed by atoms with Crippen molar-refractivity contribution in [3.63, 3.8) is 0 Å². The molecule has 2 aliphatic heterocycles. The highest BCUT2D eigenvalue weighted by atomic mass is 16.7. The molecule has 4 aromatic rings. The maximum Gasteiger partial charge on any atom is 0.225 e. The fourth-order valence-corrected chi connectivity index (χ4v) is 5.65. The Bertz CT molecular complexity index is 1410. The van der Waals surface area contributed by atoms with Gasteiger partial charge in [0.15, 0.2) is 6.29 Å².